The molecule has 0 unspecified atom stereocenters. The van der Waals surface area contributed by atoms with Crippen LogP contribution in [0.4, 0.5) is 5.69 Å². The molecule has 4 aromatic rings. The Balaban J connectivity index is 1.37. The molecule has 0 saturated carbocycles. The number of carbonyl (C=O) groups is 1. The Morgan fingerprint density at radius 1 is 1.21 bits per heavy atom. The third kappa shape index (κ3) is 4.92. The second-order valence-corrected chi connectivity index (χ2v) is 8.97. The number of amides is 1. The number of hydrogen-bond acceptors (Lipinski definition) is 6. The lowest BCUT2D eigenvalue weighted by Gasteiger charge is -2.06. The lowest BCUT2D eigenvalue weighted by molar-refractivity contribution is -0.113. The van der Waals surface area contributed by atoms with E-state index in [1.54, 1.807) is 11.3 Å². The number of nitrogens with zero attached hydrogens (tertiary/aromatic N) is 3. The van der Waals surface area contributed by atoms with Crippen molar-refractivity contribution in [3.8, 4) is 22.6 Å². The maximum absolute atomic E-state index is 12.3. The third-order valence-electron chi connectivity index (χ3n) is 3.99. The molecule has 0 radical (unpaired) electrons. The number of nitrogens with one attached hydrogen (secondary N) is 2. The van der Waals surface area contributed by atoms with E-state index in [1.807, 2.05) is 60.8 Å². The molecule has 0 aliphatic carbocycles. The molecule has 0 bridgehead atoms. The first-order valence-corrected chi connectivity index (χ1v) is 11.4. The average Bonchev–Trinajstić information content (AvgIpc) is 3.36. The molecule has 4 rings (SSSR count). The number of thioether (sulfide) groups is 1. The lowest BCUT2D eigenvalue weighted by atomic mass is 10.1. The molecule has 0 aliphatic heterocycles. The number of aryl methyl sites for hydroxylation is 1. The van der Waals surface area contributed by atoms with Gasteiger partial charge in [0.2, 0.25) is 11.1 Å². The number of aromatic nitrogens is 4. The van der Waals surface area contributed by atoms with Crippen LogP contribution < -0.4 is 5.32 Å². The van der Waals surface area contributed by atoms with E-state index in [0.29, 0.717) is 11.0 Å². The fraction of sp³-hybridized carbons (Fsp3) is 0.100. The van der Waals surface area contributed by atoms with Crippen LogP contribution in [0, 0.1) is 6.92 Å². The zero-order valence-electron chi connectivity index (χ0n) is 15.3. The van der Waals surface area contributed by atoms with Crippen molar-refractivity contribution >= 4 is 50.6 Å². The van der Waals surface area contributed by atoms with Gasteiger partial charge in [-0.25, -0.2) is 9.97 Å². The van der Waals surface area contributed by atoms with Gasteiger partial charge >= 0.3 is 0 Å². The highest BCUT2D eigenvalue weighted by Gasteiger charge is 2.11. The standard InChI is InChI=1S/C20H16BrN5OS2/c1-12-22-17(10-28-12)13-5-4-6-14(9-13)23-18(27)11-29-20-24-19(25-26-20)15-7-2-3-8-16(15)21/h2-10H,11H2,1H3,(H,23,27)(H,24,25,26). The Bertz CT molecular complexity index is 1160. The minimum atomic E-state index is -0.117. The second kappa shape index (κ2) is 8.89. The van der Waals surface area contributed by atoms with Gasteiger partial charge in [-0.3, -0.25) is 9.89 Å². The average molecular weight is 486 g/mol. The van der Waals surface area contributed by atoms with Crippen molar-refractivity contribution in [3.05, 3.63) is 63.4 Å². The van der Waals surface area contributed by atoms with Crippen LogP contribution in [0.1, 0.15) is 5.01 Å². The van der Waals surface area contributed by atoms with Crippen molar-refractivity contribution in [1.29, 1.82) is 0 Å². The predicted octanol–water partition coefficient (Wildman–Crippen LogP) is 5.40. The first-order chi connectivity index (χ1) is 14.1. The topological polar surface area (TPSA) is 83.6 Å². The van der Waals surface area contributed by atoms with E-state index in [9.17, 15) is 4.79 Å². The number of halogens is 1. The van der Waals surface area contributed by atoms with Crippen LogP contribution in [0.3, 0.4) is 0 Å². The van der Waals surface area contributed by atoms with E-state index in [0.717, 1.165) is 32.0 Å². The largest absolute Gasteiger partial charge is 0.325 e. The van der Waals surface area contributed by atoms with Crippen molar-refractivity contribution in [1.82, 2.24) is 20.2 Å². The van der Waals surface area contributed by atoms with Crippen LogP contribution in [0.25, 0.3) is 22.6 Å². The third-order valence-corrected chi connectivity index (χ3v) is 6.30. The quantitative estimate of drug-likeness (QED) is 0.357. The van der Waals surface area contributed by atoms with E-state index < -0.39 is 0 Å². The summed E-state index contributed by atoms with van der Waals surface area (Å²) in [6, 6.07) is 15.4. The Kier molecular flexibility index (Phi) is 6.08. The Hall–Kier alpha value is -2.49. The van der Waals surface area contributed by atoms with Gasteiger partial charge in [-0.2, -0.15) is 0 Å². The van der Waals surface area contributed by atoms with Gasteiger partial charge in [-0.1, -0.05) is 58.0 Å². The van der Waals surface area contributed by atoms with Gasteiger partial charge in [0.1, 0.15) is 0 Å². The minimum Gasteiger partial charge on any atom is -0.325 e. The maximum atomic E-state index is 12.3. The Morgan fingerprint density at radius 3 is 2.86 bits per heavy atom. The highest BCUT2D eigenvalue weighted by Crippen LogP contribution is 2.27. The summed E-state index contributed by atoms with van der Waals surface area (Å²) in [6.45, 7) is 1.97. The number of H-pyrrole nitrogens is 1. The number of thiazole rings is 1. The predicted molar refractivity (Wildman–Crippen MR) is 121 cm³/mol. The van der Waals surface area contributed by atoms with Crippen molar-refractivity contribution in [2.24, 2.45) is 0 Å². The zero-order valence-corrected chi connectivity index (χ0v) is 18.6. The maximum Gasteiger partial charge on any atom is 0.234 e. The van der Waals surface area contributed by atoms with Gasteiger partial charge in [0, 0.05) is 26.7 Å². The number of aromatic amines is 1. The van der Waals surface area contributed by atoms with Gasteiger partial charge in [-0.15, -0.1) is 16.4 Å². The van der Waals surface area contributed by atoms with Gasteiger partial charge in [0.05, 0.1) is 16.5 Å². The van der Waals surface area contributed by atoms with Gasteiger partial charge in [-0.05, 0) is 25.1 Å². The molecule has 0 aliphatic rings. The minimum absolute atomic E-state index is 0.117. The Labute approximate surface area is 184 Å². The normalized spacial score (nSPS) is 10.8. The summed E-state index contributed by atoms with van der Waals surface area (Å²) in [5.41, 5.74) is 3.55. The summed E-state index contributed by atoms with van der Waals surface area (Å²) in [5, 5.41) is 13.6. The Morgan fingerprint density at radius 2 is 2.07 bits per heavy atom. The fourth-order valence-electron chi connectivity index (χ4n) is 2.66. The number of carbonyl (C=O) groups excluding carboxylic acids is 1. The van der Waals surface area contributed by atoms with E-state index >= 15 is 0 Å². The lowest BCUT2D eigenvalue weighted by Crippen LogP contribution is -2.14. The van der Waals surface area contributed by atoms with E-state index in [1.165, 1.54) is 11.8 Å². The molecule has 2 N–H and O–H groups in total. The van der Waals surface area contributed by atoms with Crippen LogP contribution in [0.15, 0.2) is 63.5 Å². The summed E-state index contributed by atoms with van der Waals surface area (Å²) in [6.07, 6.45) is 0. The van der Waals surface area contributed by atoms with Crippen molar-refractivity contribution in [2.45, 2.75) is 12.1 Å². The molecule has 0 fully saturated rings. The molecule has 9 heteroatoms. The molecule has 2 aromatic heterocycles. The number of rotatable bonds is 6. The summed E-state index contributed by atoms with van der Waals surface area (Å²) in [4.78, 5) is 21.3. The number of hydrogen-bond donors (Lipinski definition) is 2. The molecular weight excluding hydrogens is 470 g/mol. The van der Waals surface area contributed by atoms with E-state index in [2.05, 4.69) is 41.4 Å². The molecule has 29 heavy (non-hydrogen) atoms. The van der Waals surface area contributed by atoms with Crippen molar-refractivity contribution in [3.63, 3.8) is 0 Å². The molecule has 1 amide bonds. The fourth-order valence-corrected chi connectivity index (χ4v) is 4.36. The number of benzene rings is 2. The molecule has 0 atom stereocenters. The summed E-state index contributed by atoms with van der Waals surface area (Å²) in [5.74, 6) is 0.758. The first kappa shape index (κ1) is 19.8. The van der Waals surface area contributed by atoms with Crippen LogP contribution in [-0.4, -0.2) is 31.8 Å². The molecular formula is C20H16BrN5OS2. The molecule has 0 spiro atoms. The zero-order chi connectivity index (χ0) is 20.2. The highest BCUT2D eigenvalue weighted by molar-refractivity contribution is 9.10. The van der Waals surface area contributed by atoms with Gasteiger partial charge in [0.15, 0.2) is 5.82 Å². The summed E-state index contributed by atoms with van der Waals surface area (Å²) in [7, 11) is 0. The van der Waals surface area contributed by atoms with E-state index in [-0.39, 0.29) is 11.7 Å². The van der Waals surface area contributed by atoms with Crippen LogP contribution in [0.2, 0.25) is 0 Å². The number of anilines is 1. The van der Waals surface area contributed by atoms with Crippen LogP contribution in [0.5, 0.6) is 0 Å². The second-order valence-electron chi connectivity index (χ2n) is 6.12. The summed E-state index contributed by atoms with van der Waals surface area (Å²) < 4.78 is 0.931. The smallest absolute Gasteiger partial charge is 0.234 e. The van der Waals surface area contributed by atoms with Gasteiger partial charge in [0.25, 0.3) is 0 Å². The summed E-state index contributed by atoms with van der Waals surface area (Å²) >= 11 is 6.39. The first-order valence-electron chi connectivity index (χ1n) is 8.71. The van der Waals surface area contributed by atoms with E-state index in [4.69, 9.17) is 0 Å². The molecule has 6 nitrogen and oxygen atoms in total. The monoisotopic (exact) mass is 485 g/mol. The van der Waals surface area contributed by atoms with Crippen molar-refractivity contribution < 1.29 is 4.79 Å². The SMILES string of the molecule is Cc1nc(-c2cccc(NC(=O)CSc3n[nH]c(-c4ccccc4Br)n3)c2)cs1. The van der Waals surface area contributed by atoms with Crippen LogP contribution >= 0.6 is 39.0 Å². The molecule has 0 saturated heterocycles. The molecule has 2 heterocycles. The van der Waals surface area contributed by atoms with Crippen molar-refractivity contribution in [2.75, 3.05) is 11.1 Å². The molecule has 2 aromatic carbocycles. The van der Waals surface area contributed by atoms with Crippen LogP contribution in [-0.2, 0) is 4.79 Å². The van der Waals surface area contributed by atoms with Gasteiger partial charge < -0.3 is 5.32 Å². The highest BCUT2D eigenvalue weighted by atomic mass is 79.9. The molecule has 146 valence electrons.